The highest BCUT2D eigenvalue weighted by molar-refractivity contribution is 14.0. The summed E-state index contributed by atoms with van der Waals surface area (Å²) in [6.07, 6.45) is 3.53. The van der Waals surface area contributed by atoms with Gasteiger partial charge in [0, 0.05) is 45.8 Å². The first-order valence-electron chi connectivity index (χ1n) is 10.5. The number of phenols is 1. The van der Waals surface area contributed by atoms with Crippen molar-refractivity contribution in [1.29, 1.82) is 0 Å². The fourth-order valence-corrected chi connectivity index (χ4v) is 3.80. The Morgan fingerprint density at radius 3 is 2.45 bits per heavy atom. The highest BCUT2D eigenvalue weighted by atomic mass is 127. The van der Waals surface area contributed by atoms with E-state index in [1.165, 1.54) is 6.42 Å². The molecule has 0 atom stereocenters. The molecule has 0 aliphatic carbocycles. The summed E-state index contributed by atoms with van der Waals surface area (Å²) in [5.41, 5.74) is 0.987. The lowest BCUT2D eigenvalue weighted by Gasteiger charge is -2.37. The number of rotatable bonds is 5. The number of halogens is 1. The van der Waals surface area contributed by atoms with Crippen LogP contribution in [0.15, 0.2) is 29.3 Å². The van der Waals surface area contributed by atoms with Gasteiger partial charge in [0.25, 0.3) is 0 Å². The zero-order valence-electron chi connectivity index (χ0n) is 17.3. The third-order valence-corrected chi connectivity index (χ3v) is 5.40. The first-order chi connectivity index (χ1) is 13.7. The van der Waals surface area contributed by atoms with E-state index < -0.39 is 0 Å². The highest BCUT2D eigenvalue weighted by Crippen LogP contribution is 2.13. The highest BCUT2D eigenvalue weighted by Gasteiger charge is 2.24. The molecule has 0 aromatic heterocycles. The SMILES string of the molecule is CCNC(=NCc1cccc(O)c1)N1CCN(CC(=O)N2CCCCC2)CC1.I. The predicted molar refractivity (Wildman–Crippen MR) is 127 cm³/mol. The van der Waals surface area contributed by atoms with Crippen molar-refractivity contribution in [3.05, 3.63) is 29.8 Å². The van der Waals surface area contributed by atoms with Crippen molar-refractivity contribution < 1.29 is 9.90 Å². The number of nitrogens with zero attached hydrogens (tertiary/aromatic N) is 4. The molecule has 29 heavy (non-hydrogen) atoms. The van der Waals surface area contributed by atoms with Gasteiger partial charge in [-0.3, -0.25) is 9.69 Å². The van der Waals surface area contributed by atoms with Gasteiger partial charge in [-0.05, 0) is 43.9 Å². The van der Waals surface area contributed by atoms with Crippen LogP contribution in [0.2, 0.25) is 0 Å². The van der Waals surface area contributed by atoms with E-state index in [-0.39, 0.29) is 35.6 Å². The maximum Gasteiger partial charge on any atom is 0.236 e. The molecule has 0 unspecified atom stereocenters. The van der Waals surface area contributed by atoms with Crippen molar-refractivity contribution >= 4 is 35.8 Å². The van der Waals surface area contributed by atoms with Gasteiger partial charge in [0.15, 0.2) is 5.96 Å². The fraction of sp³-hybridized carbons (Fsp3) is 0.619. The molecule has 2 N–H and O–H groups in total. The molecule has 1 aromatic carbocycles. The van der Waals surface area contributed by atoms with Gasteiger partial charge in [-0.15, -0.1) is 24.0 Å². The number of hydrogen-bond acceptors (Lipinski definition) is 4. The molecule has 3 rings (SSSR count). The van der Waals surface area contributed by atoms with Gasteiger partial charge in [-0.25, -0.2) is 4.99 Å². The second-order valence-corrected chi connectivity index (χ2v) is 7.54. The van der Waals surface area contributed by atoms with E-state index in [0.29, 0.717) is 13.1 Å². The van der Waals surface area contributed by atoms with E-state index in [2.05, 4.69) is 22.0 Å². The van der Waals surface area contributed by atoms with Crippen molar-refractivity contribution in [2.75, 3.05) is 52.4 Å². The number of guanidine groups is 1. The summed E-state index contributed by atoms with van der Waals surface area (Å²) in [4.78, 5) is 23.8. The largest absolute Gasteiger partial charge is 0.508 e. The average molecular weight is 515 g/mol. The minimum atomic E-state index is 0. The maximum atomic E-state index is 12.5. The van der Waals surface area contributed by atoms with Crippen molar-refractivity contribution in [2.24, 2.45) is 4.99 Å². The van der Waals surface area contributed by atoms with Crippen LogP contribution in [-0.4, -0.2) is 84.0 Å². The van der Waals surface area contributed by atoms with Gasteiger partial charge in [0.05, 0.1) is 13.1 Å². The molecule has 2 heterocycles. The summed E-state index contributed by atoms with van der Waals surface area (Å²) in [5, 5.41) is 13.0. The molecule has 2 fully saturated rings. The van der Waals surface area contributed by atoms with Gasteiger partial charge < -0.3 is 20.2 Å². The second-order valence-electron chi connectivity index (χ2n) is 7.54. The number of piperidine rings is 1. The molecule has 1 aromatic rings. The van der Waals surface area contributed by atoms with E-state index in [1.807, 2.05) is 17.0 Å². The molecule has 7 nitrogen and oxygen atoms in total. The topological polar surface area (TPSA) is 71.4 Å². The number of phenolic OH excluding ortho intramolecular Hbond substituents is 1. The number of carbonyl (C=O) groups excluding carboxylic acids is 1. The molecule has 0 radical (unpaired) electrons. The number of aromatic hydroxyl groups is 1. The number of aliphatic imine (C=N–C) groups is 1. The quantitative estimate of drug-likeness (QED) is 0.357. The van der Waals surface area contributed by atoms with Crippen molar-refractivity contribution in [2.45, 2.75) is 32.7 Å². The molecular formula is C21H34IN5O2. The minimum Gasteiger partial charge on any atom is -0.508 e. The minimum absolute atomic E-state index is 0. The Hall–Kier alpha value is -1.55. The first kappa shape index (κ1) is 23.7. The van der Waals surface area contributed by atoms with Gasteiger partial charge in [0.1, 0.15) is 5.75 Å². The molecule has 0 saturated carbocycles. The molecule has 2 saturated heterocycles. The number of piperazine rings is 1. The van der Waals surface area contributed by atoms with Crippen LogP contribution in [0, 0.1) is 0 Å². The predicted octanol–water partition coefficient (Wildman–Crippen LogP) is 2.11. The van der Waals surface area contributed by atoms with E-state index in [0.717, 1.165) is 70.2 Å². The number of carbonyl (C=O) groups is 1. The monoisotopic (exact) mass is 515 g/mol. The average Bonchev–Trinajstić information content (AvgIpc) is 2.72. The summed E-state index contributed by atoms with van der Waals surface area (Å²) < 4.78 is 0. The molecule has 0 spiro atoms. The van der Waals surface area contributed by atoms with Crippen LogP contribution in [0.1, 0.15) is 31.7 Å². The van der Waals surface area contributed by atoms with E-state index in [1.54, 1.807) is 12.1 Å². The number of nitrogens with one attached hydrogen (secondary N) is 1. The Morgan fingerprint density at radius 2 is 1.79 bits per heavy atom. The van der Waals surface area contributed by atoms with Crippen LogP contribution in [0.4, 0.5) is 0 Å². The summed E-state index contributed by atoms with van der Waals surface area (Å²) in [7, 11) is 0. The Labute approximate surface area is 191 Å². The third-order valence-electron chi connectivity index (χ3n) is 5.40. The van der Waals surface area contributed by atoms with Crippen LogP contribution in [0.5, 0.6) is 5.75 Å². The van der Waals surface area contributed by atoms with Gasteiger partial charge in [-0.1, -0.05) is 12.1 Å². The number of benzene rings is 1. The zero-order chi connectivity index (χ0) is 19.8. The summed E-state index contributed by atoms with van der Waals surface area (Å²) >= 11 is 0. The van der Waals surface area contributed by atoms with Gasteiger partial charge in [-0.2, -0.15) is 0 Å². The summed E-state index contributed by atoms with van der Waals surface area (Å²) in [5.74, 6) is 1.44. The van der Waals surface area contributed by atoms with Crippen LogP contribution in [-0.2, 0) is 11.3 Å². The summed E-state index contributed by atoms with van der Waals surface area (Å²) in [6, 6.07) is 7.22. The van der Waals surface area contributed by atoms with E-state index in [9.17, 15) is 9.90 Å². The third kappa shape index (κ3) is 7.33. The van der Waals surface area contributed by atoms with Gasteiger partial charge in [0.2, 0.25) is 5.91 Å². The van der Waals surface area contributed by atoms with Gasteiger partial charge >= 0.3 is 0 Å². The van der Waals surface area contributed by atoms with Crippen LogP contribution >= 0.6 is 24.0 Å². The number of amides is 1. The van der Waals surface area contributed by atoms with Crippen LogP contribution in [0.25, 0.3) is 0 Å². The zero-order valence-corrected chi connectivity index (χ0v) is 19.7. The second kappa shape index (κ2) is 12.2. The summed E-state index contributed by atoms with van der Waals surface area (Å²) in [6.45, 7) is 9.25. The lowest BCUT2D eigenvalue weighted by molar-refractivity contribution is -0.133. The van der Waals surface area contributed by atoms with Crippen LogP contribution in [0.3, 0.4) is 0 Å². The smallest absolute Gasteiger partial charge is 0.236 e. The molecule has 2 aliphatic rings. The van der Waals surface area contributed by atoms with E-state index in [4.69, 9.17) is 4.99 Å². The molecule has 0 bridgehead atoms. The number of hydrogen-bond donors (Lipinski definition) is 2. The Balaban J connectivity index is 0.00000300. The molecule has 8 heteroatoms. The molecule has 1 amide bonds. The molecule has 2 aliphatic heterocycles. The molecular weight excluding hydrogens is 481 g/mol. The maximum absolute atomic E-state index is 12.5. The fourth-order valence-electron chi connectivity index (χ4n) is 3.80. The normalized spacial score (nSPS) is 18.3. The van der Waals surface area contributed by atoms with Crippen molar-refractivity contribution in [1.82, 2.24) is 20.0 Å². The first-order valence-corrected chi connectivity index (χ1v) is 10.5. The van der Waals surface area contributed by atoms with Crippen molar-refractivity contribution in [3.63, 3.8) is 0 Å². The lowest BCUT2D eigenvalue weighted by Crippen LogP contribution is -2.54. The Kier molecular flexibility index (Phi) is 9.99. The van der Waals surface area contributed by atoms with Crippen molar-refractivity contribution in [3.8, 4) is 5.75 Å². The standard InChI is InChI=1S/C21H33N5O2.HI/c1-2-22-21(23-16-18-7-6-8-19(27)15-18)26-13-11-24(12-14-26)17-20(28)25-9-4-3-5-10-25;/h6-8,15,27H,2-5,9-14,16-17H2,1H3,(H,22,23);1H. The lowest BCUT2D eigenvalue weighted by atomic mass is 10.1. The number of likely N-dealkylation sites (tertiary alicyclic amines) is 1. The Bertz CT molecular complexity index is 671. The molecule has 162 valence electrons. The van der Waals surface area contributed by atoms with E-state index >= 15 is 0 Å². The Morgan fingerprint density at radius 1 is 1.07 bits per heavy atom. The van der Waals surface area contributed by atoms with Crippen LogP contribution < -0.4 is 5.32 Å².